The van der Waals surface area contributed by atoms with Crippen molar-refractivity contribution in [3.05, 3.63) is 24.3 Å². The maximum Gasteiger partial charge on any atom is 0.405 e. The van der Waals surface area contributed by atoms with Crippen LogP contribution in [0.2, 0.25) is 0 Å². The van der Waals surface area contributed by atoms with Gasteiger partial charge in [0.2, 0.25) is 0 Å². The van der Waals surface area contributed by atoms with Gasteiger partial charge in [-0.1, -0.05) is 0 Å². The number of hydrogen-bond acceptors (Lipinski definition) is 2. The van der Waals surface area contributed by atoms with Crippen molar-refractivity contribution in [2.75, 3.05) is 18.1 Å². The Hall–Kier alpha value is -0.840. The first kappa shape index (κ1) is 11.2. The minimum atomic E-state index is -4.17. The van der Waals surface area contributed by atoms with Gasteiger partial charge in [-0.05, 0) is 30.5 Å². The first-order valence-electron chi connectivity index (χ1n) is 3.96. The Balaban J connectivity index is 2.52. The summed E-state index contributed by atoms with van der Waals surface area (Å²) in [4.78, 5) is 1.03. The Morgan fingerprint density at radius 3 is 2.21 bits per heavy atom. The van der Waals surface area contributed by atoms with Gasteiger partial charge in [-0.25, -0.2) is 0 Å². The Labute approximate surface area is 84.7 Å². The summed E-state index contributed by atoms with van der Waals surface area (Å²) in [6.45, 7) is -0.994. The largest absolute Gasteiger partial charge is 0.405 e. The number of rotatable bonds is 3. The lowest BCUT2D eigenvalue weighted by atomic mass is 10.3. The fourth-order valence-corrected chi connectivity index (χ4v) is 1.32. The molecule has 0 unspecified atom stereocenters. The predicted molar refractivity (Wildman–Crippen MR) is 52.8 cm³/mol. The minimum absolute atomic E-state index is 0.486. The fraction of sp³-hybridized carbons (Fsp3) is 0.333. The van der Waals surface area contributed by atoms with Crippen molar-refractivity contribution in [3.8, 4) is 0 Å². The van der Waals surface area contributed by atoms with Gasteiger partial charge < -0.3 is 5.32 Å². The number of thioether (sulfide) groups is 1. The topological polar surface area (TPSA) is 12.0 Å². The van der Waals surface area contributed by atoms with Crippen LogP contribution in [0.1, 0.15) is 0 Å². The number of anilines is 1. The quantitative estimate of drug-likeness (QED) is 0.785. The zero-order chi connectivity index (χ0) is 10.6. The lowest BCUT2D eigenvalue weighted by Gasteiger charge is -2.09. The van der Waals surface area contributed by atoms with Crippen molar-refractivity contribution in [1.82, 2.24) is 0 Å². The van der Waals surface area contributed by atoms with Crippen molar-refractivity contribution < 1.29 is 13.2 Å². The van der Waals surface area contributed by atoms with E-state index in [1.54, 1.807) is 36.0 Å². The van der Waals surface area contributed by atoms with E-state index in [-0.39, 0.29) is 0 Å². The van der Waals surface area contributed by atoms with Gasteiger partial charge in [0.25, 0.3) is 0 Å². The first-order valence-corrected chi connectivity index (χ1v) is 5.18. The molecule has 1 rings (SSSR count). The molecule has 1 aromatic carbocycles. The molecule has 14 heavy (non-hydrogen) atoms. The fourth-order valence-electron chi connectivity index (χ4n) is 0.911. The number of benzene rings is 1. The van der Waals surface area contributed by atoms with E-state index in [0.717, 1.165) is 4.90 Å². The predicted octanol–water partition coefficient (Wildman–Crippen LogP) is 3.38. The van der Waals surface area contributed by atoms with Gasteiger partial charge in [-0.15, -0.1) is 11.8 Å². The summed E-state index contributed by atoms with van der Waals surface area (Å²) in [7, 11) is 0. The maximum absolute atomic E-state index is 11.8. The van der Waals surface area contributed by atoms with Crippen molar-refractivity contribution >= 4 is 17.4 Å². The number of halogens is 3. The molecule has 1 nitrogen and oxygen atoms in total. The number of hydrogen-bond donors (Lipinski definition) is 1. The van der Waals surface area contributed by atoms with Crippen LogP contribution in [-0.2, 0) is 0 Å². The van der Waals surface area contributed by atoms with E-state index in [1.165, 1.54) is 0 Å². The summed E-state index contributed by atoms with van der Waals surface area (Å²) in [6.07, 6.45) is -2.25. The SMILES string of the molecule is CSc1ccc(NCC(F)(F)F)cc1. The molecule has 5 heteroatoms. The Morgan fingerprint density at radius 1 is 1.21 bits per heavy atom. The van der Waals surface area contributed by atoms with Gasteiger partial charge in [0.1, 0.15) is 6.54 Å². The van der Waals surface area contributed by atoms with Crippen LogP contribution >= 0.6 is 11.8 Å². The van der Waals surface area contributed by atoms with E-state index in [4.69, 9.17) is 0 Å². The van der Waals surface area contributed by atoms with Crippen molar-refractivity contribution in [2.45, 2.75) is 11.1 Å². The normalized spacial score (nSPS) is 11.4. The standard InChI is InChI=1S/C9H10F3NS/c1-14-8-4-2-7(3-5-8)13-6-9(10,11)12/h2-5,13H,6H2,1H3. The Kier molecular flexibility index (Phi) is 3.69. The van der Waals surface area contributed by atoms with Gasteiger partial charge in [-0.2, -0.15) is 13.2 Å². The van der Waals surface area contributed by atoms with E-state index in [2.05, 4.69) is 5.32 Å². The van der Waals surface area contributed by atoms with Gasteiger partial charge in [0.15, 0.2) is 0 Å². The van der Waals surface area contributed by atoms with Crippen LogP contribution in [-0.4, -0.2) is 19.0 Å². The highest BCUT2D eigenvalue weighted by Crippen LogP contribution is 2.19. The molecule has 0 aromatic heterocycles. The van der Waals surface area contributed by atoms with E-state index >= 15 is 0 Å². The smallest absolute Gasteiger partial charge is 0.376 e. The molecule has 0 spiro atoms. The van der Waals surface area contributed by atoms with E-state index in [0.29, 0.717) is 5.69 Å². The molecule has 78 valence electrons. The summed E-state index contributed by atoms with van der Waals surface area (Å²) in [5, 5.41) is 2.30. The molecule has 0 amide bonds. The second-order valence-corrected chi connectivity index (χ2v) is 3.58. The van der Waals surface area contributed by atoms with Gasteiger partial charge in [-0.3, -0.25) is 0 Å². The molecule has 0 saturated heterocycles. The average molecular weight is 221 g/mol. The van der Waals surface area contributed by atoms with Crippen LogP contribution in [0.15, 0.2) is 29.2 Å². The number of nitrogens with one attached hydrogen (secondary N) is 1. The minimum Gasteiger partial charge on any atom is -0.376 e. The summed E-state index contributed by atoms with van der Waals surface area (Å²) in [5.74, 6) is 0. The van der Waals surface area contributed by atoms with Crippen molar-refractivity contribution in [1.29, 1.82) is 0 Å². The lowest BCUT2D eigenvalue weighted by molar-refractivity contribution is -0.115. The summed E-state index contributed by atoms with van der Waals surface area (Å²) >= 11 is 1.55. The third kappa shape index (κ3) is 3.91. The molecule has 0 aliphatic carbocycles. The molecule has 0 bridgehead atoms. The van der Waals surface area contributed by atoms with E-state index in [1.807, 2.05) is 6.26 Å². The zero-order valence-corrected chi connectivity index (χ0v) is 8.38. The Bertz CT molecular complexity index is 281. The van der Waals surface area contributed by atoms with Crippen LogP contribution in [0.25, 0.3) is 0 Å². The van der Waals surface area contributed by atoms with Crippen molar-refractivity contribution in [2.24, 2.45) is 0 Å². The molecule has 0 aliphatic heterocycles. The molecule has 1 aromatic rings. The zero-order valence-electron chi connectivity index (χ0n) is 7.56. The van der Waals surface area contributed by atoms with Crippen LogP contribution in [0.5, 0.6) is 0 Å². The van der Waals surface area contributed by atoms with E-state index in [9.17, 15) is 13.2 Å². The van der Waals surface area contributed by atoms with Crippen LogP contribution in [0.3, 0.4) is 0 Å². The molecule has 0 heterocycles. The van der Waals surface area contributed by atoms with Crippen LogP contribution in [0, 0.1) is 0 Å². The molecular formula is C9H10F3NS. The van der Waals surface area contributed by atoms with Crippen LogP contribution in [0.4, 0.5) is 18.9 Å². The molecule has 0 atom stereocenters. The highest BCUT2D eigenvalue weighted by Gasteiger charge is 2.26. The second kappa shape index (κ2) is 4.59. The summed E-state index contributed by atoms with van der Waals surface area (Å²) in [6, 6.07) is 6.84. The highest BCUT2D eigenvalue weighted by molar-refractivity contribution is 7.98. The lowest BCUT2D eigenvalue weighted by Crippen LogP contribution is -2.21. The van der Waals surface area contributed by atoms with Gasteiger partial charge in [0, 0.05) is 10.6 Å². The Morgan fingerprint density at radius 2 is 1.79 bits per heavy atom. The molecule has 0 fully saturated rings. The molecular weight excluding hydrogens is 211 g/mol. The summed E-state index contributed by atoms with van der Waals surface area (Å²) in [5.41, 5.74) is 0.486. The highest BCUT2D eigenvalue weighted by atomic mass is 32.2. The molecule has 0 saturated carbocycles. The summed E-state index contributed by atoms with van der Waals surface area (Å²) < 4.78 is 35.5. The van der Waals surface area contributed by atoms with Crippen molar-refractivity contribution in [3.63, 3.8) is 0 Å². The van der Waals surface area contributed by atoms with Gasteiger partial charge in [0.05, 0.1) is 0 Å². The van der Waals surface area contributed by atoms with Crippen LogP contribution < -0.4 is 5.32 Å². The molecule has 0 radical (unpaired) electrons. The molecule has 0 aliphatic rings. The monoisotopic (exact) mass is 221 g/mol. The number of alkyl halides is 3. The van der Waals surface area contributed by atoms with Gasteiger partial charge >= 0.3 is 6.18 Å². The average Bonchev–Trinajstić information content (AvgIpc) is 2.14. The first-order chi connectivity index (χ1) is 6.51. The van der Waals surface area contributed by atoms with E-state index < -0.39 is 12.7 Å². The second-order valence-electron chi connectivity index (χ2n) is 2.70. The molecule has 1 N–H and O–H groups in total. The third-order valence-electron chi connectivity index (χ3n) is 1.58. The maximum atomic E-state index is 11.8. The third-order valence-corrected chi connectivity index (χ3v) is 2.33.